The number of piperidine rings is 1. The SMILES string of the molecule is NC1c2ccccc2CC1N1CCCC2CCCC21. The summed E-state index contributed by atoms with van der Waals surface area (Å²) in [5.41, 5.74) is 9.44. The number of hydrogen-bond donors (Lipinski definition) is 1. The van der Waals surface area contributed by atoms with Gasteiger partial charge in [-0.2, -0.15) is 0 Å². The smallest absolute Gasteiger partial charge is 0.0459 e. The summed E-state index contributed by atoms with van der Waals surface area (Å²) in [6.07, 6.45) is 8.29. The van der Waals surface area contributed by atoms with Gasteiger partial charge in [0.1, 0.15) is 0 Å². The zero-order chi connectivity index (χ0) is 12.8. The number of benzene rings is 1. The minimum atomic E-state index is 0.232. The van der Waals surface area contributed by atoms with Crippen LogP contribution >= 0.6 is 0 Å². The molecule has 1 aliphatic heterocycles. The molecule has 1 saturated carbocycles. The van der Waals surface area contributed by atoms with Crippen molar-refractivity contribution in [1.29, 1.82) is 0 Å². The van der Waals surface area contributed by atoms with Crippen LogP contribution < -0.4 is 5.73 Å². The standard InChI is InChI=1S/C17H24N2/c18-17-14-8-2-1-5-13(14)11-16(17)19-10-4-7-12-6-3-9-15(12)19/h1-2,5,8,12,15-17H,3-4,6-7,9-11,18H2. The van der Waals surface area contributed by atoms with Crippen molar-refractivity contribution >= 4 is 0 Å². The fourth-order valence-electron chi connectivity index (χ4n) is 4.83. The van der Waals surface area contributed by atoms with Gasteiger partial charge in [0, 0.05) is 18.1 Å². The molecule has 4 rings (SSSR count). The van der Waals surface area contributed by atoms with Crippen LogP contribution in [0.1, 0.15) is 49.3 Å². The van der Waals surface area contributed by atoms with Crippen LogP contribution in [0, 0.1) is 5.92 Å². The zero-order valence-corrected chi connectivity index (χ0v) is 11.6. The third-order valence-electron chi connectivity index (χ3n) is 5.72. The maximum atomic E-state index is 6.56. The summed E-state index contributed by atoms with van der Waals surface area (Å²) in [6, 6.07) is 10.4. The molecule has 1 aromatic carbocycles. The van der Waals surface area contributed by atoms with Gasteiger partial charge in [-0.15, -0.1) is 0 Å². The highest BCUT2D eigenvalue weighted by atomic mass is 15.2. The summed E-state index contributed by atoms with van der Waals surface area (Å²) in [6.45, 7) is 1.27. The molecule has 0 amide bonds. The zero-order valence-electron chi connectivity index (χ0n) is 11.6. The van der Waals surface area contributed by atoms with Crippen molar-refractivity contribution in [2.45, 2.75) is 56.7 Å². The molecule has 1 heterocycles. The van der Waals surface area contributed by atoms with Crippen molar-refractivity contribution in [2.75, 3.05) is 6.54 Å². The molecule has 4 unspecified atom stereocenters. The van der Waals surface area contributed by atoms with Crippen LogP contribution in [0.3, 0.4) is 0 Å². The first kappa shape index (κ1) is 11.9. The van der Waals surface area contributed by atoms with Crippen molar-refractivity contribution < 1.29 is 0 Å². The second-order valence-electron chi connectivity index (χ2n) is 6.63. The van der Waals surface area contributed by atoms with Gasteiger partial charge >= 0.3 is 0 Å². The van der Waals surface area contributed by atoms with E-state index in [-0.39, 0.29) is 6.04 Å². The summed E-state index contributed by atoms with van der Waals surface area (Å²) in [5, 5.41) is 0. The molecule has 0 radical (unpaired) electrons. The molecule has 4 atom stereocenters. The third kappa shape index (κ3) is 1.85. The van der Waals surface area contributed by atoms with Crippen molar-refractivity contribution in [2.24, 2.45) is 11.7 Å². The van der Waals surface area contributed by atoms with Crippen LogP contribution in [-0.4, -0.2) is 23.5 Å². The van der Waals surface area contributed by atoms with Crippen LogP contribution in [-0.2, 0) is 6.42 Å². The normalized spacial score (nSPS) is 38.2. The molecule has 19 heavy (non-hydrogen) atoms. The number of nitrogens with two attached hydrogens (primary N) is 1. The third-order valence-corrected chi connectivity index (χ3v) is 5.72. The number of rotatable bonds is 1. The van der Waals surface area contributed by atoms with E-state index in [4.69, 9.17) is 5.73 Å². The van der Waals surface area contributed by atoms with Gasteiger partial charge in [-0.1, -0.05) is 30.7 Å². The Morgan fingerprint density at radius 3 is 2.74 bits per heavy atom. The Morgan fingerprint density at radius 1 is 1.00 bits per heavy atom. The molecule has 0 aromatic heterocycles. The summed E-state index contributed by atoms with van der Waals surface area (Å²) >= 11 is 0. The quantitative estimate of drug-likeness (QED) is 0.837. The number of fused-ring (bicyclic) bond motifs is 2. The first-order chi connectivity index (χ1) is 9.34. The van der Waals surface area contributed by atoms with Gasteiger partial charge in [-0.3, -0.25) is 4.90 Å². The van der Waals surface area contributed by atoms with Crippen LogP contribution in [0.4, 0.5) is 0 Å². The van der Waals surface area contributed by atoms with Gasteiger partial charge in [-0.25, -0.2) is 0 Å². The fourth-order valence-corrected chi connectivity index (χ4v) is 4.83. The van der Waals surface area contributed by atoms with Gasteiger partial charge in [-0.05, 0) is 55.7 Å². The van der Waals surface area contributed by atoms with Gasteiger partial charge in [0.05, 0.1) is 0 Å². The molecule has 0 spiro atoms. The fraction of sp³-hybridized carbons (Fsp3) is 0.647. The van der Waals surface area contributed by atoms with Crippen LogP contribution in [0.25, 0.3) is 0 Å². The highest BCUT2D eigenvalue weighted by Crippen LogP contribution is 2.42. The first-order valence-corrected chi connectivity index (χ1v) is 7.94. The van der Waals surface area contributed by atoms with Crippen molar-refractivity contribution in [3.05, 3.63) is 35.4 Å². The lowest BCUT2D eigenvalue weighted by atomic mass is 9.89. The molecule has 1 aromatic rings. The molecule has 3 aliphatic rings. The maximum absolute atomic E-state index is 6.56. The molecule has 2 aliphatic carbocycles. The Balaban J connectivity index is 1.60. The van der Waals surface area contributed by atoms with Crippen molar-refractivity contribution in [1.82, 2.24) is 4.90 Å². The average molecular weight is 256 g/mol. The maximum Gasteiger partial charge on any atom is 0.0459 e. The molecule has 0 bridgehead atoms. The lowest BCUT2D eigenvalue weighted by Gasteiger charge is -2.43. The Bertz CT molecular complexity index is 470. The molecule has 102 valence electrons. The van der Waals surface area contributed by atoms with Crippen molar-refractivity contribution in [3.63, 3.8) is 0 Å². The lowest BCUT2D eigenvalue weighted by Crippen LogP contribution is -2.51. The van der Waals surface area contributed by atoms with Gasteiger partial charge in [0.2, 0.25) is 0 Å². The Morgan fingerprint density at radius 2 is 1.84 bits per heavy atom. The van der Waals surface area contributed by atoms with Crippen LogP contribution in [0.15, 0.2) is 24.3 Å². The summed E-state index contributed by atoms with van der Waals surface area (Å²) in [7, 11) is 0. The van der Waals surface area contributed by atoms with Gasteiger partial charge in [0.15, 0.2) is 0 Å². The van der Waals surface area contributed by atoms with Gasteiger partial charge < -0.3 is 5.73 Å². The molecular weight excluding hydrogens is 232 g/mol. The highest BCUT2D eigenvalue weighted by Gasteiger charge is 2.42. The molecule has 2 N–H and O–H groups in total. The molecule has 2 nitrogen and oxygen atoms in total. The summed E-state index contributed by atoms with van der Waals surface area (Å²) < 4.78 is 0. The Labute approximate surface area is 116 Å². The van der Waals surface area contributed by atoms with Crippen molar-refractivity contribution in [3.8, 4) is 0 Å². The minimum absolute atomic E-state index is 0.232. The van der Waals surface area contributed by atoms with E-state index in [1.165, 1.54) is 56.2 Å². The Hall–Kier alpha value is -0.860. The van der Waals surface area contributed by atoms with E-state index in [1.54, 1.807) is 0 Å². The Kier molecular flexibility index (Phi) is 2.89. The van der Waals surface area contributed by atoms with Crippen LogP contribution in [0.2, 0.25) is 0 Å². The first-order valence-electron chi connectivity index (χ1n) is 7.94. The lowest BCUT2D eigenvalue weighted by molar-refractivity contribution is 0.0603. The predicted octanol–water partition coefficient (Wildman–Crippen LogP) is 2.88. The van der Waals surface area contributed by atoms with E-state index in [1.807, 2.05) is 0 Å². The highest BCUT2D eigenvalue weighted by molar-refractivity contribution is 5.37. The minimum Gasteiger partial charge on any atom is -0.323 e. The second-order valence-corrected chi connectivity index (χ2v) is 6.63. The number of likely N-dealkylation sites (tertiary alicyclic amines) is 1. The average Bonchev–Trinajstić information content (AvgIpc) is 3.04. The summed E-state index contributed by atoms with van der Waals surface area (Å²) in [4.78, 5) is 2.78. The number of nitrogens with zero attached hydrogens (tertiary/aromatic N) is 1. The molecule has 1 saturated heterocycles. The van der Waals surface area contributed by atoms with E-state index in [2.05, 4.69) is 29.2 Å². The van der Waals surface area contributed by atoms with E-state index in [9.17, 15) is 0 Å². The molecule has 2 heteroatoms. The van der Waals surface area contributed by atoms with E-state index < -0.39 is 0 Å². The largest absolute Gasteiger partial charge is 0.323 e. The second kappa shape index (κ2) is 4.60. The predicted molar refractivity (Wildman–Crippen MR) is 77.9 cm³/mol. The monoisotopic (exact) mass is 256 g/mol. The molecule has 2 fully saturated rings. The van der Waals surface area contributed by atoms with E-state index >= 15 is 0 Å². The summed E-state index contributed by atoms with van der Waals surface area (Å²) in [5.74, 6) is 0.963. The van der Waals surface area contributed by atoms with E-state index in [0.29, 0.717) is 6.04 Å². The number of hydrogen-bond acceptors (Lipinski definition) is 2. The van der Waals surface area contributed by atoms with Crippen LogP contribution in [0.5, 0.6) is 0 Å². The van der Waals surface area contributed by atoms with Gasteiger partial charge in [0.25, 0.3) is 0 Å². The molecular formula is C17H24N2. The topological polar surface area (TPSA) is 29.3 Å². The van der Waals surface area contributed by atoms with E-state index in [0.717, 1.165) is 12.0 Å².